The molecule has 0 spiro atoms. The Hall–Kier alpha value is -0.380. The van der Waals surface area contributed by atoms with Crippen LogP contribution in [0, 0.1) is 5.41 Å². The maximum absolute atomic E-state index is 6.29. The molecule has 0 aliphatic heterocycles. The monoisotopic (exact) mass is 280 g/mol. The van der Waals surface area contributed by atoms with E-state index in [1.165, 1.54) is 44.1 Å². The average Bonchev–Trinajstić information content (AvgIpc) is 2.44. The summed E-state index contributed by atoms with van der Waals surface area (Å²) in [6.45, 7) is 7.61. The topological polar surface area (TPSA) is 47.3 Å². The van der Waals surface area contributed by atoms with Crippen LogP contribution in [0.2, 0.25) is 0 Å². The van der Waals surface area contributed by atoms with Gasteiger partial charge in [0.2, 0.25) is 0 Å². The molecule has 3 heteroatoms. The highest BCUT2D eigenvalue weighted by Gasteiger charge is 2.45. The molecule has 0 aromatic heterocycles. The molecule has 2 aliphatic rings. The van der Waals surface area contributed by atoms with Crippen molar-refractivity contribution in [2.45, 2.75) is 83.8 Å². The van der Waals surface area contributed by atoms with Gasteiger partial charge in [-0.25, -0.2) is 0 Å². The molecule has 3 N–H and O–H groups in total. The Morgan fingerprint density at radius 2 is 1.95 bits per heavy atom. The van der Waals surface area contributed by atoms with E-state index in [1.54, 1.807) is 0 Å². The Labute approximate surface area is 124 Å². The Bertz CT molecular complexity index is 339. The molecular weight excluding hydrogens is 248 g/mol. The zero-order chi connectivity index (χ0) is 14.6. The lowest BCUT2D eigenvalue weighted by atomic mass is 9.66. The molecule has 1 saturated carbocycles. The molecule has 2 aliphatic carbocycles. The second-order valence-corrected chi connectivity index (χ2v) is 7.29. The zero-order valence-corrected chi connectivity index (χ0v) is 13.5. The van der Waals surface area contributed by atoms with E-state index in [0.717, 1.165) is 19.4 Å². The summed E-state index contributed by atoms with van der Waals surface area (Å²) in [6, 6.07) is 0.193. The summed E-state index contributed by atoms with van der Waals surface area (Å²) in [4.78, 5) is 0. The molecule has 1 atom stereocenters. The van der Waals surface area contributed by atoms with Gasteiger partial charge in [0.05, 0.1) is 11.6 Å². The molecule has 116 valence electrons. The highest BCUT2D eigenvalue weighted by molar-refractivity contribution is 5.20. The third-order valence-corrected chi connectivity index (χ3v) is 5.27. The number of hydrogen-bond acceptors (Lipinski definition) is 3. The molecule has 0 aromatic carbocycles. The Morgan fingerprint density at radius 3 is 2.45 bits per heavy atom. The second kappa shape index (κ2) is 6.59. The van der Waals surface area contributed by atoms with Crippen molar-refractivity contribution >= 4 is 0 Å². The molecule has 0 aromatic rings. The van der Waals surface area contributed by atoms with Gasteiger partial charge in [-0.3, -0.25) is 11.3 Å². The van der Waals surface area contributed by atoms with Gasteiger partial charge in [-0.15, -0.1) is 0 Å². The van der Waals surface area contributed by atoms with Crippen molar-refractivity contribution in [1.29, 1.82) is 0 Å². The minimum absolute atomic E-state index is 0.0950. The van der Waals surface area contributed by atoms with E-state index in [1.807, 2.05) is 0 Å². The van der Waals surface area contributed by atoms with E-state index in [0.29, 0.717) is 5.41 Å². The SMILES string of the molecule is CCOC1(C(NN)C2=CCCCC2)CCC(C)(C)CC1. The van der Waals surface area contributed by atoms with Gasteiger partial charge in [-0.1, -0.05) is 25.5 Å². The molecule has 0 heterocycles. The van der Waals surface area contributed by atoms with Crippen molar-refractivity contribution in [3.8, 4) is 0 Å². The number of nitrogens with two attached hydrogens (primary N) is 1. The highest BCUT2D eigenvalue weighted by atomic mass is 16.5. The molecular formula is C17H32N2O. The zero-order valence-electron chi connectivity index (χ0n) is 13.5. The molecule has 3 nitrogen and oxygen atoms in total. The van der Waals surface area contributed by atoms with Crippen LogP contribution in [0.5, 0.6) is 0 Å². The van der Waals surface area contributed by atoms with Gasteiger partial charge in [-0.05, 0) is 63.7 Å². The van der Waals surface area contributed by atoms with Crippen molar-refractivity contribution in [1.82, 2.24) is 5.43 Å². The van der Waals surface area contributed by atoms with Gasteiger partial charge in [0.1, 0.15) is 0 Å². The van der Waals surface area contributed by atoms with Crippen LogP contribution >= 0.6 is 0 Å². The van der Waals surface area contributed by atoms with Gasteiger partial charge in [0.15, 0.2) is 0 Å². The first-order chi connectivity index (χ1) is 9.53. The highest BCUT2D eigenvalue weighted by Crippen LogP contribution is 2.45. The predicted octanol–water partition coefficient (Wildman–Crippen LogP) is 3.69. The van der Waals surface area contributed by atoms with E-state index >= 15 is 0 Å². The summed E-state index contributed by atoms with van der Waals surface area (Å²) in [7, 11) is 0. The Kier molecular flexibility index (Phi) is 5.27. The van der Waals surface area contributed by atoms with Crippen LogP contribution in [0.1, 0.15) is 72.1 Å². The fourth-order valence-corrected chi connectivity index (χ4v) is 3.88. The van der Waals surface area contributed by atoms with Crippen molar-refractivity contribution in [3.05, 3.63) is 11.6 Å². The molecule has 2 rings (SSSR count). The molecule has 0 bridgehead atoms. The fourth-order valence-electron chi connectivity index (χ4n) is 3.88. The number of hydrazine groups is 1. The van der Waals surface area contributed by atoms with Gasteiger partial charge in [0.25, 0.3) is 0 Å². The van der Waals surface area contributed by atoms with Crippen molar-refractivity contribution in [3.63, 3.8) is 0 Å². The summed E-state index contributed by atoms with van der Waals surface area (Å²) in [5.41, 5.74) is 4.93. The number of allylic oxidation sites excluding steroid dienone is 1. The summed E-state index contributed by atoms with van der Waals surface area (Å²) in [5.74, 6) is 5.95. The third-order valence-electron chi connectivity index (χ3n) is 5.27. The molecule has 20 heavy (non-hydrogen) atoms. The molecule has 1 unspecified atom stereocenters. The smallest absolute Gasteiger partial charge is 0.0886 e. The van der Waals surface area contributed by atoms with Gasteiger partial charge < -0.3 is 4.74 Å². The lowest BCUT2D eigenvalue weighted by Crippen LogP contribution is -2.58. The number of nitrogens with one attached hydrogen (secondary N) is 1. The van der Waals surface area contributed by atoms with E-state index in [9.17, 15) is 0 Å². The first kappa shape index (κ1) is 16.0. The van der Waals surface area contributed by atoms with Crippen LogP contribution in [0.4, 0.5) is 0 Å². The van der Waals surface area contributed by atoms with Crippen molar-refractivity contribution in [2.24, 2.45) is 11.3 Å². The van der Waals surface area contributed by atoms with Crippen molar-refractivity contribution in [2.75, 3.05) is 6.61 Å². The van der Waals surface area contributed by atoms with Crippen LogP contribution in [0.25, 0.3) is 0 Å². The maximum Gasteiger partial charge on any atom is 0.0886 e. The average molecular weight is 280 g/mol. The lowest BCUT2D eigenvalue weighted by molar-refractivity contribution is -0.0995. The van der Waals surface area contributed by atoms with E-state index < -0.39 is 0 Å². The second-order valence-electron chi connectivity index (χ2n) is 7.29. The number of rotatable bonds is 5. The van der Waals surface area contributed by atoms with Crippen molar-refractivity contribution < 1.29 is 4.74 Å². The number of hydrogen-bond donors (Lipinski definition) is 2. The summed E-state index contributed by atoms with van der Waals surface area (Å²) in [5, 5.41) is 0. The minimum atomic E-state index is -0.0950. The van der Waals surface area contributed by atoms with Gasteiger partial charge in [0, 0.05) is 6.61 Å². The normalized spacial score (nSPS) is 26.9. The minimum Gasteiger partial charge on any atom is -0.373 e. The Balaban J connectivity index is 2.19. The predicted molar refractivity (Wildman–Crippen MR) is 84.3 cm³/mol. The molecule has 1 fully saturated rings. The standard InChI is InChI=1S/C17H32N2O/c1-4-20-17(12-10-16(2,3)11-13-17)15(19-18)14-8-6-5-7-9-14/h8,15,19H,4-7,9-13,18H2,1-3H3. The largest absolute Gasteiger partial charge is 0.373 e. The first-order valence-electron chi connectivity index (χ1n) is 8.32. The number of ether oxygens (including phenoxy) is 1. The van der Waals surface area contributed by atoms with Crippen LogP contribution in [0.3, 0.4) is 0 Å². The van der Waals surface area contributed by atoms with Crippen LogP contribution in [-0.2, 0) is 4.74 Å². The third kappa shape index (κ3) is 3.44. The first-order valence-corrected chi connectivity index (χ1v) is 8.32. The van der Waals surface area contributed by atoms with Gasteiger partial charge >= 0.3 is 0 Å². The molecule has 0 amide bonds. The summed E-state index contributed by atoms with van der Waals surface area (Å²) in [6.07, 6.45) is 12.0. The summed E-state index contributed by atoms with van der Waals surface area (Å²) < 4.78 is 6.29. The van der Waals surface area contributed by atoms with E-state index in [-0.39, 0.29) is 11.6 Å². The molecule has 0 radical (unpaired) electrons. The van der Waals surface area contributed by atoms with E-state index in [2.05, 4.69) is 32.3 Å². The van der Waals surface area contributed by atoms with E-state index in [4.69, 9.17) is 10.6 Å². The van der Waals surface area contributed by atoms with Gasteiger partial charge in [-0.2, -0.15) is 0 Å². The summed E-state index contributed by atoms with van der Waals surface area (Å²) >= 11 is 0. The van der Waals surface area contributed by atoms with Crippen LogP contribution in [-0.4, -0.2) is 18.2 Å². The van der Waals surface area contributed by atoms with Crippen LogP contribution in [0.15, 0.2) is 11.6 Å². The molecule has 0 saturated heterocycles. The Morgan fingerprint density at radius 1 is 1.25 bits per heavy atom. The lowest BCUT2D eigenvalue weighted by Gasteiger charge is -2.48. The fraction of sp³-hybridized carbons (Fsp3) is 0.882. The quantitative estimate of drug-likeness (QED) is 0.458. The maximum atomic E-state index is 6.29. The van der Waals surface area contributed by atoms with Crippen LogP contribution < -0.4 is 11.3 Å².